The van der Waals surface area contributed by atoms with Crippen molar-refractivity contribution in [3.63, 3.8) is 0 Å². The van der Waals surface area contributed by atoms with Gasteiger partial charge in [-0.3, -0.25) is 0 Å². The number of carboxylic acid groups (broad SMARTS) is 1. The number of carboxylic acids is 1. The molecule has 0 aliphatic rings. The minimum Gasteiger partial charge on any atom is -0.478 e. The molecule has 0 aromatic heterocycles. The molecule has 1 N–H and O–H groups in total. The minimum atomic E-state index is -0.915. The average Bonchev–Trinajstić information content (AvgIpc) is 2.84. The number of rotatable bonds is 6. The Balaban J connectivity index is 1.60. The van der Waals surface area contributed by atoms with Crippen molar-refractivity contribution in [2.24, 2.45) is 0 Å². The number of hydrogen-bond donors (Lipinski definition) is 1. The Bertz CT molecular complexity index is 1330. The Morgan fingerprint density at radius 2 is 1.12 bits per heavy atom. The van der Waals surface area contributed by atoms with Gasteiger partial charge in [0.05, 0.1) is 5.56 Å². The van der Waals surface area contributed by atoms with E-state index in [4.69, 9.17) is 0 Å². The van der Waals surface area contributed by atoms with E-state index in [0.717, 1.165) is 5.69 Å². The van der Waals surface area contributed by atoms with E-state index in [1.54, 1.807) is 12.1 Å². The Morgan fingerprint density at radius 3 is 1.69 bits per heavy atom. The van der Waals surface area contributed by atoms with Crippen LogP contribution >= 0.6 is 0 Å². The lowest BCUT2D eigenvalue weighted by molar-refractivity contribution is 0.0697. The summed E-state index contributed by atoms with van der Waals surface area (Å²) < 4.78 is 0. The number of benzene rings is 5. The van der Waals surface area contributed by atoms with Gasteiger partial charge < -0.3 is 10.0 Å². The third-order valence-corrected chi connectivity index (χ3v) is 5.94. The van der Waals surface area contributed by atoms with Crippen molar-refractivity contribution in [3.8, 4) is 0 Å². The first-order chi connectivity index (χ1) is 15.7. The summed E-state index contributed by atoms with van der Waals surface area (Å²) in [5.74, 6) is -0.915. The molecule has 0 heterocycles. The summed E-state index contributed by atoms with van der Waals surface area (Å²) >= 11 is 0. The molecule has 0 bridgehead atoms. The molecule has 0 aliphatic heterocycles. The maximum absolute atomic E-state index is 11.6. The van der Waals surface area contributed by atoms with Gasteiger partial charge in [0.15, 0.2) is 0 Å². The molecule has 5 aromatic rings. The van der Waals surface area contributed by atoms with Crippen molar-refractivity contribution in [1.82, 2.24) is 0 Å². The van der Waals surface area contributed by atoms with Crippen LogP contribution in [0.5, 0.6) is 0 Å². The van der Waals surface area contributed by atoms with Gasteiger partial charge in [-0.05, 0) is 50.9 Å². The Kier molecular flexibility index (Phi) is 5.30. The van der Waals surface area contributed by atoms with Gasteiger partial charge in [-0.2, -0.15) is 0 Å². The summed E-state index contributed by atoms with van der Waals surface area (Å²) in [5.41, 5.74) is 3.61. The molecule has 0 unspecified atom stereocenters. The van der Waals surface area contributed by atoms with Crippen molar-refractivity contribution in [2.75, 3.05) is 4.90 Å². The lowest BCUT2D eigenvalue weighted by atomic mass is 10.0. The van der Waals surface area contributed by atoms with Crippen LogP contribution in [0.25, 0.3) is 21.5 Å². The summed E-state index contributed by atoms with van der Waals surface area (Å²) in [6.07, 6.45) is 0. The van der Waals surface area contributed by atoms with E-state index in [1.165, 1.54) is 32.7 Å². The summed E-state index contributed by atoms with van der Waals surface area (Å²) in [6, 6.07) is 36.7. The average molecular weight is 418 g/mol. The fourth-order valence-corrected chi connectivity index (χ4v) is 4.35. The molecule has 0 spiro atoms. The number of aromatic carboxylic acids is 1. The maximum Gasteiger partial charge on any atom is 0.335 e. The fourth-order valence-electron chi connectivity index (χ4n) is 4.35. The summed E-state index contributed by atoms with van der Waals surface area (Å²) in [4.78, 5) is 13.9. The minimum absolute atomic E-state index is 0.295. The molecule has 0 radical (unpaired) electrons. The first kappa shape index (κ1) is 19.8. The molecule has 0 atom stereocenters. The molecular weight excluding hydrogens is 394 g/mol. The number of anilines is 1. The van der Waals surface area contributed by atoms with Crippen molar-refractivity contribution in [1.29, 1.82) is 0 Å². The summed E-state index contributed by atoms with van der Waals surface area (Å²) in [5, 5.41) is 14.4. The second-order valence-electron chi connectivity index (χ2n) is 7.99. The van der Waals surface area contributed by atoms with Crippen LogP contribution < -0.4 is 4.90 Å². The molecule has 0 fully saturated rings. The number of fused-ring (bicyclic) bond motifs is 2. The fraction of sp³-hybridized carbons (Fsp3) is 0.0690. The van der Waals surface area contributed by atoms with E-state index < -0.39 is 5.97 Å². The highest BCUT2D eigenvalue weighted by molar-refractivity contribution is 5.89. The second kappa shape index (κ2) is 8.56. The summed E-state index contributed by atoms with van der Waals surface area (Å²) in [6.45, 7) is 1.35. The van der Waals surface area contributed by atoms with E-state index in [0.29, 0.717) is 18.7 Å². The van der Waals surface area contributed by atoms with Crippen LogP contribution in [0, 0.1) is 0 Å². The van der Waals surface area contributed by atoms with Gasteiger partial charge in [0, 0.05) is 18.8 Å². The third kappa shape index (κ3) is 3.93. The normalized spacial score (nSPS) is 11.0. The monoisotopic (exact) mass is 417 g/mol. The van der Waals surface area contributed by atoms with E-state index in [-0.39, 0.29) is 0 Å². The SMILES string of the molecule is O=C(O)c1cccc(N(Cc2cccc3ccccc23)Cc2cccc3ccccc23)c1. The Labute approximate surface area is 187 Å². The molecule has 5 aromatic carbocycles. The summed E-state index contributed by atoms with van der Waals surface area (Å²) in [7, 11) is 0. The van der Waals surface area contributed by atoms with Crippen LogP contribution in [0.2, 0.25) is 0 Å². The van der Waals surface area contributed by atoms with Crippen molar-refractivity contribution < 1.29 is 9.90 Å². The zero-order valence-corrected chi connectivity index (χ0v) is 17.6. The Hall–Kier alpha value is -4.11. The number of carbonyl (C=O) groups is 1. The molecular formula is C29H23NO2. The van der Waals surface area contributed by atoms with E-state index in [9.17, 15) is 9.90 Å². The van der Waals surface area contributed by atoms with Crippen molar-refractivity contribution in [2.45, 2.75) is 13.1 Å². The second-order valence-corrected chi connectivity index (χ2v) is 7.99. The van der Waals surface area contributed by atoms with Crippen molar-refractivity contribution >= 4 is 33.2 Å². The molecule has 5 rings (SSSR count). The van der Waals surface area contributed by atoms with Gasteiger partial charge in [0.2, 0.25) is 0 Å². The van der Waals surface area contributed by atoms with E-state index in [1.807, 2.05) is 12.1 Å². The van der Waals surface area contributed by atoms with Gasteiger partial charge >= 0.3 is 5.97 Å². The number of hydrogen-bond acceptors (Lipinski definition) is 2. The topological polar surface area (TPSA) is 40.5 Å². The van der Waals surface area contributed by atoms with Crippen LogP contribution in [0.15, 0.2) is 109 Å². The smallest absolute Gasteiger partial charge is 0.335 e. The zero-order valence-electron chi connectivity index (χ0n) is 17.6. The molecule has 0 aliphatic carbocycles. The van der Waals surface area contributed by atoms with Gasteiger partial charge in [-0.1, -0.05) is 91.0 Å². The van der Waals surface area contributed by atoms with E-state index in [2.05, 4.69) is 89.8 Å². The predicted octanol–water partition coefficient (Wildman–Crippen LogP) is 6.90. The molecule has 3 heteroatoms. The highest BCUT2D eigenvalue weighted by Gasteiger charge is 2.14. The van der Waals surface area contributed by atoms with Gasteiger partial charge in [0.25, 0.3) is 0 Å². The highest BCUT2D eigenvalue weighted by Crippen LogP contribution is 2.28. The first-order valence-corrected chi connectivity index (χ1v) is 10.7. The largest absolute Gasteiger partial charge is 0.478 e. The quantitative estimate of drug-likeness (QED) is 0.327. The van der Waals surface area contributed by atoms with Gasteiger partial charge in [-0.15, -0.1) is 0 Å². The van der Waals surface area contributed by atoms with Crippen LogP contribution in [-0.4, -0.2) is 11.1 Å². The van der Waals surface area contributed by atoms with Crippen molar-refractivity contribution in [3.05, 3.63) is 126 Å². The molecule has 0 saturated heterocycles. The lowest BCUT2D eigenvalue weighted by Gasteiger charge is -2.27. The Morgan fingerprint density at radius 1 is 0.625 bits per heavy atom. The first-order valence-electron chi connectivity index (χ1n) is 10.7. The van der Waals surface area contributed by atoms with Crippen LogP contribution in [0.1, 0.15) is 21.5 Å². The molecule has 0 saturated carbocycles. The molecule has 0 amide bonds. The predicted molar refractivity (Wildman–Crippen MR) is 131 cm³/mol. The molecule has 32 heavy (non-hydrogen) atoms. The van der Waals surface area contributed by atoms with Gasteiger partial charge in [0.1, 0.15) is 0 Å². The maximum atomic E-state index is 11.6. The molecule has 156 valence electrons. The standard InChI is InChI=1S/C29H23NO2/c31-29(32)23-12-7-15-26(18-23)30(19-24-13-5-10-21-8-1-3-16-27(21)24)20-25-14-6-11-22-9-2-4-17-28(22)25/h1-18H,19-20H2,(H,31,32). The zero-order chi connectivity index (χ0) is 21.9. The van der Waals surface area contributed by atoms with Crippen LogP contribution in [-0.2, 0) is 13.1 Å². The van der Waals surface area contributed by atoms with Gasteiger partial charge in [-0.25, -0.2) is 4.79 Å². The highest BCUT2D eigenvalue weighted by atomic mass is 16.4. The van der Waals surface area contributed by atoms with E-state index >= 15 is 0 Å². The van der Waals surface area contributed by atoms with Crippen LogP contribution in [0.4, 0.5) is 5.69 Å². The van der Waals surface area contributed by atoms with Crippen LogP contribution in [0.3, 0.4) is 0 Å². The molecule has 3 nitrogen and oxygen atoms in total. The lowest BCUT2D eigenvalue weighted by Crippen LogP contribution is -2.22. The number of nitrogens with zero attached hydrogens (tertiary/aromatic N) is 1. The third-order valence-electron chi connectivity index (χ3n) is 5.94.